The van der Waals surface area contributed by atoms with Crippen LogP contribution in [0.3, 0.4) is 0 Å². The minimum atomic E-state index is -0.373. The first-order valence-electron chi connectivity index (χ1n) is 8.35. The number of carbonyl (C=O) groups excluding carboxylic acids is 2. The zero-order valence-corrected chi connectivity index (χ0v) is 15.2. The lowest BCUT2D eigenvalue weighted by molar-refractivity contribution is -0.137. The molecule has 1 aromatic rings. The van der Waals surface area contributed by atoms with Gasteiger partial charge in [0, 0.05) is 43.7 Å². The Labute approximate surface area is 156 Å². The second-order valence-electron chi connectivity index (χ2n) is 6.72. The van der Waals surface area contributed by atoms with E-state index < -0.39 is 0 Å². The van der Waals surface area contributed by atoms with Gasteiger partial charge in [0.2, 0.25) is 11.8 Å². The molecule has 0 aliphatic carbocycles. The molecule has 0 radical (unpaired) electrons. The van der Waals surface area contributed by atoms with Crippen LogP contribution in [-0.4, -0.2) is 41.5 Å². The van der Waals surface area contributed by atoms with Crippen molar-refractivity contribution in [3.8, 4) is 5.75 Å². The molecule has 8 heteroatoms. The van der Waals surface area contributed by atoms with Crippen LogP contribution < -0.4 is 11.1 Å². The van der Waals surface area contributed by atoms with Crippen molar-refractivity contribution in [2.24, 2.45) is 17.6 Å². The number of hydrogen-bond donors (Lipinski definition) is 3. The largest absolute Gasteiger partial charge is 0.508 e. The van der Waals surface area contributed by atoms with Crippen LogP contribution in [-0.2, 0) is 9.59 Å². The maximum absolute atomic E-state index is 12.5. The number of carbonyl (C=O) groups is 2. The van der Waals surface area contributed by atoms with Crippen LogP contribution >= 0.6 is 23.2 Å². The molecule has 2 fully saturated rings. The molecule has 2 saturated heterocycles. The van der Waals surface area contributed by atoms with E-state index in [1.807, 2.05) is 4.90 Å². The van der Waals surface area contributed by atoms with Crippen molar-refractivity contribution in [3.05, 3.63) is 27.7 Å². The fourth-order valence-electron chi connectivity index (χ4n) is 3.59. The lowest BCUT2D eigenvalue weighted by Crippen LogP contribution is -2.44. The second kappa shape index (κ2) is 7.40. The van der Waals surface area contributed by atoms with Gasteiger partial charge in [0.25, 0.3) is 0 Å². The molecule has 2 aliphatic heterocycles. The molecule has 0 unspecified atom stereocenters. The summed E-state index contributed by atoms with van der Waals surface area (Å²) in [6.45, 7) is 1.63. The van der Waals surface area contributed by atoms with Gasteiger partial charge in [0.1, 0.15) is 5.75 Å². The molecule has 25 heavy (non-hydrogen) atoms. The van der Waals surface area contributed by atoms with Crippen molar-refractivity contribution in [3.63, 3.8) is 0 Å². The van der Waals surface area contributed by atoms with Crippen LogP contribution in [0, 0.1) is 11.8 Å². The summed E-state index contributed by atoms with van der Waals surface area (Å²) >= 11 is 11.9. The van der Waals surface area contributed by atoms with Gasteiger partial charge in [-0.05, 0) is 24.8 Å². The number of halogens is 2. The third kappa shape index (κ3) is 3.86. The van der Waals surface area contributed by atoms with Gasteiger partial charge >= 0.3 is 0 Å². The highest BCUT2D eigenvalue weighted by Crippen LogP contribution is 2.38. The van der Waals surface area contributed by atoms with Gasteiger partial charge < -0.3 is 21.1 Å². The quantitative estimate of drug-likeness (QED) is 0.741. The third-order valence-corrected chi connectivity index (χ3v) is 5.84. The Balaban J connectivity index is 1.61. The number of nitrogens with one attached hydrogen (secondary N) is 1. The number of rotatable bonds is 3. The Hall–Kier alpha value is -1.50. The Kier molecular flexibility index (Phi) is 5.41. The predicted molar refractivity (Wildman–Crippen MR) is 95.5 cm³/mol. The van der Waals surface area contributed by atoms with E-state index in [0.29, 0.717) is 30.2 Å². The SMILES string of the molecule is N[C@@H](c1cc(Cl)c(Cl)cc1O)C1CCN(C(=O)[C@@H]2CNC(=O)C2)CC1. The standard InChI is InChI=1S/C17H21Cl2N3O3/c18-12-6-11(14(23)7-13(12)19)16(20)9-1-3-22(4-2-9)17(25)10-5-15(24)21-8-10/h6-7,9-10,16,23H,1-5,8,20H2,(H,21,24)/t10-,16+/m0/s1. The highest BCUT2D eigenvalue weighted by Gasteiger charge is 2.34. The number of phenolic OH excluding ortho intramolecular Hbond substituents is 1. The van der Waals surface area contributed by atoms with E-state index in [-0.39, 0.29) is 46.9 Å². The number of phenols is 1. The van der Waals surface area contributed by atoms with E-state index in [4.69, 9.17) is 28.9 Å². The first-order valence-corrected chi connectivity index (χ1v) is 9.11. The number of likely N-dealkylation sites (tertiary alicyclic amines) is 1. The number of amides is 2. The molecule has 136 valence electrons. The molecule has 2 heterocycles. The minimum absolute atomic E-state index is 0.0303. The maximum Gasteiger partial charge on any atom is 0.227 e. The molecule has 0 bridgehead atoms. The first-order chi connectivity index (χ1) is 11.9. The fraction of sp³-hybridized carbons (Fsp3) is 0.529. The third-order valence-electron chi connectivity index (χ3n) is 5.11. The molecule has 2 aliphatic rings. The predicted octanol–water partition coefficient (Wildman–Crippen LogP) is 2.07. The van der Waals surface area contributed by atoms with Crippen LogP contribution in [0.4, 0.5) is 0 Å². The molecule has 2 atom stereocenters. The zero-order chi connectivity index (χ0) is 18.1. The average molecular weight is 386 g/mol. The maximum atomic E-state index is 12.5. The number of aromatic hydroxyl groups is 1. The smallest absolute Gasteiger partial charge is 0.227 e. The Morgan fingerprint density at radius 3 is 2.52 bits per heavy atom. The second-order valence-corrected chi connectivity index (χ2v) is 7.53. The highest BCUT2D eigenvalue weighted by molar-refractivity contribution is 6.42. The molecular formula is C17H21Cl2N3O3. The van der Waals surface area contributed by atoms with Crippen molar-refractivity contribution in [1.29, 1.82) is 0 Å². The van der Waals surface area contributed by atoms with Crippen LogP contribution in [0.1, 0.15) is 30.9 Å². The summed E-state index contributed by atoms with van der Waals surface area (Å²) in [7, 11) is 0. The minimum Gasteiger partial charge on any atom is -0.508 e. The van der Waals surface area contributed by atoms with Crippen LogP contribution in [0.15, 0.2) is 12.1 Å². The molecule has 3 rings (SSSR count). The van der Waals surface area contributed by atoms with Gasteiger partial charge in [-0.15, -0.1) is 0 Å². The Morgan fingerprint density at radius 1 is 1.28 bits per heavy atom. The summed E-state index contributed by atoms with van der Waals surface area (Å²) in [4.78, 5) is 25.5. The normalized spacial score (nSPS) is 22.8. The fourth-order valence-corrected chi connectivity index (χ4v) is 3.92. The molecule has 1 aromatic carbocycles. The summed E-state index contributed by atoms with van der Waals surface area (Å²) in [5.41, 5.74) is 6.91. The summed E-state index contributed by atoms with van der Waals surface area (Å²) in [6.07, 6.45) is 1.75. The van der Waals surface area contributed by atoms with Crippen molar-refractivity contribution >= 4 is 35.0 Å². The summed E-state index contributed by atoms with van der Waals surface area (Å²) in [6, 6.07) is 2.64. The van der Waals surface area contributed by atoms with Crippen molar-refractivity contribution < 1.29 is 14.7 Å². The van der Waals surface area contributed by atoms with Crippen molar-refractivity contribution in [2.75, 3.05) is 19.6 Å². The van der Waals surface area contributed by atoms with E-state index in [1.165, 1.54) is 6.07 Å². The van der Waals surface area contributed by atoms with E-state index in [9.17, 15) is 14.7 Å². The number of nitrogens with zero attached hydrogens (tertiary/aromatic N) is 1. The van der Waals surface area contributed by atoms with Gasteiger partial charge in [-0.2, -0.15) is 0 Å². The van der Waals surface area contributed by atoms with Gasteiger partial charge in [0.15, 0.2) is 0 Å². The zero-order valence-electron chi connectivity index (χ0n) is 13.7. The number of nitrogens with two attached hydrogens (primary N) is 1. The summed E-state index contributed by atoms with van der Waals surface area (Å²) in [5.74, 6) is -0.114. The van der Waals surface area contributed by atoms with E-state index in [0.717, 1.165) is 12.8 Å². The number of piperidine rings is 1. The lowest BCUT2D eigenvalue weighted by atomic mass is 9.85. The first kappa shape index (κ1) is 18.3. The van der Waals surface area contributed by atoms with E-state index in [2.05, 4.69) is 5.32 Å². The molecule has 0 aromatic heterocycles. The topological polar surface area (TPSA) is 95.7 Å². The number of benzene rings is 1. The monoisotopic (exact) mass is 385 g/mol. The molecular weight excluding hydrogens is 365 g/mol. The Morgan fingerprint density at radius 2 is 1.92 bits per heavy atom. The highest BCUT2D eigenvalue weighted by atomic mass is 35.5. The van der Waals surface area contributed by atoms with E-state index in [1.54, 1.807) is 6.07 Å². The summed E-state index contributed by atoms with van der Waals surface area (Å²) in [5, 5.41) is 13.4. The van der Waals surface area contributed by atoms with Gasteiger partial charge in [0.05, 0.1) is 16.0 Å². The van der Waals surface area contributed by atoms with Crippen LogP contribution in [0.2, 0.25) is 10.0 Å². The van der Waals surface area contributed by atoms with Crippen molar-refractivity contribution in [2.45, 2.75) is 25.3 Å². The summed E-state index contributed by atoms with van der Waals surface area (Å²) < 4.78 is 0. The lowest BCUT2D eigenvalue weighted by Gasteiger charge is -2.36. The van der Waals surface area contributed by atoms with E-state index >= 15 is 0 Å². The molecule has 0 saturated carbocycles. The van der Waals surface area contributed by atoms with Gasteiger partial charge in [-0.25, -0.2) is 0 Å². The molecule has 4 N–H and O–H groups in total. The van der Waals surface area contributed by atoms with Crippen molar-refractivity contribution in [1.82, 2.24) is 10.2 Å². The molecule has 2 amide bonds. The van der Waals surface area contributed by atoms with Gasteiger partial charge in [-0.3, -0.25) is 9.59 Å². The number of hydrogen-bond acceptors (Lipinski definition) is 4. The molecule has 0 spiro atoms. The van der Waals surface area contributed by atoms with Crippen LogP contribution in [0.25, 0.3) is 0 Å². The Bertz CT molecular complexity index is 690. The average Bonchev–Trinajstić information content (AvgIpc) is 3.03. The van der Waals surface area contributed by atoms with Crippen LogP contribution in [0.5, 0.6) is 5.75 Å². The molecule has 6 nitrogen and oxygen atoms in total. The van der Waals surface area contributed by atoms with Gasteiger partial charge in [-0.1, -0.05) is 23.2 Å².